The maximum atomic E-state index is 12.8. The highest BCUT2D eigenvalue weighted by Gasteiger charge is 2.19. The number of hydrogen-bond donors (Lipinski definition) is 2. The summed E-state index contributed by atoms with van der Waals surface area (Å²) < 4.78 is 38.8. The zero-order chi connectivity index (χ0) is 23.5. The van der Waals surface area contributed by atoms with Crippen molar-refractivity contribution in [3.8, 4) is 22.1 Å². The van der Waals surface area contributed by atoms with E-state index in [9.17, 15) is 13.2 Å². The number of sulfonamides is 1. The van der Waals surface area contributed by atoms with Gasteiger partial charge in [-0.05, 0) is 35.9 Å². The van der Waals surface area contributed by atoms with Crippen molar-refractivity contribution in [1.82, 2.24) is 14.9 Å². The van der Waals surface area contributed by atoms with Crippen molar-refractivity contribution < 1.29 is 22.7 Å². The van der Waals surface area contributed by atoms with Crippen LogP contribution in [0.4, 0.5) is 5.13 Å². The van der Waals surface area contributed by atoms with Crippen molar-refractivity contribution >= 4 is 32.4 Å². The Hall–Kier alpha value is -3.80. The van der Waals surface area contributed by atoms with Crippen LogP contribution in [0.2, 0.25) is 0 Å². The number of nitrogens with one attached hydrogen (secondary N) is 2. The molecule has 0 unspecified atom stereocenters. The Morgan fingerprint density at radius 2 is 1.76 bits per heavy atom. The fourth-order valence-corrected chi connectivity index (χ4v) is 5.06. The first-order chi connectivity index (χ1) is 16.5. The van der Waals surface area contributed by atoms with E-state index in [0.717, 1.165) is 5.56 Å². The highest BCUT2D eigenvalue weighted by Crippen LogP contribution is 2.32. The molecule has 2 N–H and O–H groups in total. The normalized spacial score (nSPS) is 12.5. The number of anilines is 1. The first-order valence-corrected chi connectivity index (χ1v) is 12.5. The van der Waals surface area contributed by atoms with E-state index in [1.54, 1.807) is 18.2 Å². The second kappa shape index (κ2) is 9.21. The number of carbonyl (C=O) groups excluding carboxylic acids is 1. The Bertz CT molecular complexity index is 1460. The number of amides is 1. The number of hydrogen-bond acceptors (Lipinski definition) is 8. The standard InChI is InChI=1S/C23H18N4O5S2/c28-21(25-23-27-26-22(33-23)16-5-2-1-3-6-16)17-7-4-8-18(12-17)34(29,30)24-13-15-9-10-19-20(11-15)32-14-31-19/h1-12,24H,13-14H2,(H,25,27,28). The van der Waals surface area contributed by atoms with Gasteiger partial charge >= 0.3 is 0 Å². The molecule has 0 bridgehead atoms. The minimum Gasteiger partial charge on any atom is -0.454 e. The Balaban J connectivity index is 1.27. The van der Waals surface area contributed by atoms with Gasteiger partial charge in [-0.15, -0.1) is 10.2 Å². The van der Waals surface area contributed by atoms with Gasteiger partial charge < -0.3 is 9.47 Å². The molecule has 1 aromatic heterocycles. The van der Waals surface area contributed by atoms with Gasteiger partial charge in [0.25, 0.3) is 5.91 Å². The van der Waals surface area contributed by atoms with E-state index in [1.165, 1.54) is 35.6 Å². The Kier molecular flexibility index (Phi) is 5.97. The van der Waals surface area contributed by atoms with Gasteiger partial charge in [0.2, 0.25) is 21.9 Å². The molecule has 0 radical (unpaired) electrons. The van der Waals surface area contributed by atoms with Crippen LogP contribution in [-0.2, 0) is 16.6 Å². The molecule has 0 aliphatic carbocycles. The first-order valence-electron chi connectivity index (χ1n) is 10.2. The van der Waals surface area contributed by atoms with E-state index in [1.807, 2.05) is 30.3 Å². The minimum atomic E-state index is -3.86. The third-order valence-electron chi connectivity index (χ3n) is 4.98. The molecular formula is C23H18N4O5S2. The number of ether oxygens (including phenoxy) is 2. The minimum absolute atomic E-state index is 0.0249. The van der Waals surface area contributed by atoms with Crippen LogP contribution in [0.25, 0.3) is 10.6 Å². The summed E-state index contributed by atoms with van der Waals surface area (Å²) in [4.78, 5) is 12.7. The Morgan fingerprint density at radius 3 is 2.62 bits per heavy atom. The fraction of sp³-hybridized carbons (Fsp3) is 0.0870. The molecule has 0 atom stereocenters. The number of benzene rings is 3. The van der Waals surface area contributed by atoms with Crippen molar-refractivity contribution in [3.05, 3.63) is 83.9 Å². The van der Waals surface area contributed by atoms with E-state index in [-0.39, 0.29) is 23.8 Å². The third kappa shape index (κ3) is 4.76. The van der Waals surface area contributed by atoms with Crippen molar-refractivity contribution in [3.63, 3.8) is 0 Å². The predicted octanol–water partition coefficient (Wildman–Crippen LogP) is 3.66. The number of aromatic nitrogens is 2. The second-order valence-corrected chi connectivity index (χ2v) is 10.0. The lowest BCUT2D eigenvalue weighted by Gasteiger charge is -2.09. The molecule has 3 aromatic carbocycles. The summed E-state index contributed by atoms with van der Waals surface area (Å²) in [6, 6.07) is 20.5. The molecule has 9 nitrogen and oxygen atoms in total. The van der Waals surface area contributed by atoms with Crippen molar-refractivity contribution in [2.75, 3.05) is 12.1 Å². The molecule has 0 saturated carbocycles. The van der Waals surface area contributed by atoms with Crippen LogP contribution in [0.5, 0.6) is 11.5 Å². The third-order valence-corrected chi connectivity index (χ3v) is 7.26. The highest BCUT2D eigenvalue weighted by atomic mass is 32.2. The van der Waals surface area contributed by atoms with Gasteiger partial charge in [0.05, 0.1) is 4.90 Å². The summed E-state index contributed by atoms with van der Waals surface area (Å²) in [6.07, 6.45) is 0. The molecule has 1 aliphatic heterocycles. The van der Waals surface area contributed by atoms with E-state index in [4.69, 9.17) is 9.47 Å². The lowest BCUT2D eigenvalue weighted by molar-refractivity contribution is 0.102. The zero-order valence-corrected chi connectivity index (χ0v) is 19.2. The molecule has 5 rings (SSSR count). The van der Waals surface area contributed by atoms with Gasteiger partial charge in [0.1, 0.15) is 5.01 Å². The average Bonchev–Trinajstić information content (AvgIpc) is 3.53. The number of rotatable bonds is 7. The van der Waals surface area contributed by atoms with Crippen LogP contribution < -0.4 is 19.5 Å². The molecule has 4 aromatic rings. The summed E-state index contributed by atoms with van der Waals surface area (Å²) in [7, 11) is -3.86. The molecule has 0 saturated heterocycles. The lowest BCUT2D eigenvalue weighted by atomic mass is 10.2. The molecule has 34 heavy (non-hydrogen) atoms. The predicted molar refractivity (Wildman–Crippen MR) is 126 cm³/mol. The van der Waals surface area contributed by atoms with Gasteiger partial charge in [-0.2, -0.15) is 0 Å². The van der Waals surface area contributed by atoms with Gasteiger partial charge in [-0.1, -0.05) is 53.8 Å². The summed E-state index contributed by atoms with van der Waals surface area (Å²) in [5, 5.41) is 11.8. The second-order valence-electron chi connectivity index (χ2n) is 7.27. The van der Waals surface area contributed by atoms with Crippen LogP contribution >= 0.6 is 11.3 Å². The van der Waals surface area contributed by atoms with Crippen molar-refractivity contribution in [2.24, 2.45) is 0 Å². The van der Waals surface area contributed by atoms with Gasteiger partial charge in [0.15, 0.2) is 11.5 Å². The molecule has 0 spiro atoms. The smallest absolute Gasteiger partial charge is 0.257 e. The van der Waals surface area contributed by atoms with E-state index in [0.29, 0.717) is 27.2 Å². The van der Waals surface area contributed by atoms with Crippen LogP contribution in [0.1, 0.15) is 15.9 Å². The van der Waals surface area contributed by atoms with Crippen LogP contribution in [0, 0.1) is 0 Å². The molecule has 0 fully saturated rings. The summed E-state index contributed by atoms with van der Waals surface area (Å²) in [5.74, 6) is 0.711. The molecule has 2 heterocycles. The van der Waals surface area contributed by atoms with Crippen LogP contribution in [0.15, 0.2) is 77.7 Å². The molecule has 1 amide bonds. The number of nitrogens with zero attached hydrogens (tertiary/aromatic N) is 2. The maximum Gasteiger partial charge on any atom is 0.257 e. The molecular weight excluding hydrogens is 476 g/mol. The maximum absolute atomic E-state index is 12.8. The Labute approximate surface area is 199 Å². The summed E-state index contributed by atoms with van der Waals surface area (Å²) in [5.41, 5.74) is 1.79. The Morgan fingerprint density at radius 1 is 0.941 bits per heavy atom. The summed E-state index contributed by atoms with van der Waals surface area (Å²) in [6.45, 7) is 0.201. The first kappa shape index (κ1) is 22.0. The molecule has 11 heteroatoms. The van der Waals surface area contributed by atoms with Crippen molar-refractivity contribution in [2.45, 2.75) is 11.4 Å². The highest BCUT2D eigenvalue weighted by molar-refractivity contribution is 7.89. The van der Waals surface area contributed by atoms with Crippen LogP contribution in [0.3, 0.4) is 0 Å². The van der Waals surface area contributed by atoms with Gasteiger partial charge in [-0.25, -0.2) is 13.1 Å². The van der Waals surface area contributed by atoms with E-state index in [2.05, 4.69) is 20.2 Å². The van der Waals surface area contributed by atoms with Crippen LogP contribution in [-0.4, -0.2) is 31.3 Å². The molecule has 1 aliphatic rings. The number of carbonyl (C=O) groups is 1. The van der Waals surface area contributed by atoms with Gasteiger partial charge in [0, 0.05) is 17.7 Å². The van der Waals surface area contributed by atoms with E-state index >= 15 is 0 Å². The fourth-order valence-electron chi connectivity index (χ4n) is 3.26. The number of fused-ring (bicyclic) bond motifs is 1. The van der Waals surface area contributed by atoms with E-state index < -0.39 is 15.9 Å². The largest absolute Gasteiger partial charge is 0.454 e. The van der Waals surface area contributed by atoms with Crippen molar-refractivity contribution in [1.29, 1.82) is 0 Å². The lowest BCUT2D eigenvalue weighted by Crippen LogP contribution is -2.23. The monoisotopic (exact) mass is 494 g/mol. The average molecular weight is 495 g/mol. The SMILES string of the molecule is O=C(Nc1nnc(-c2ccccc2)s1)c1cccc(S(=O)(=O)NCc2ccc3c(c2)OCO3)c1. The topological polar surface area (TPSA) is 120 Å². The zero-order valence-electron chi connectivity index (χ0n) is 17.6. The summed E-state index contributed by atoms with van der Waals surface area (Å²) >= 11 is 1.23. The molecule has 172 valence electrons. The quantitative estimate of drug-likeness (QED) is 0.402. The van der Waals surface area contributed by atoms with Gasteiger partial charge in [-0.3, -0.25) is 10.1 Å².